The molecule has 0 saturated heterocycles. The molecule has 0 fully saturated rings. The zero-order valence-electron chi connectivity index (χ0n) is 15.8. The first kappa shape index (κ1) is 19.4. The molecule has 8 heteroatoms. The van der Waals surface area contributed by atoms with E-state index in [4.69, 9.17) is 9.47 Å². The molecular weight excluding hydrogens is 408 g/mol. The average molecular weight is 427 g/mol. The number of sulfone groups is 1. The van der Waals surface area contributed by atoms with E-state index in [2.05, 4.69) is 9.97 Å². The number of hydrogen-bond donors (Lipinski definition) is 0. The summed E-state index contributed by atoms with van der Waals surface area (Å²) in [5.41, 5.74) is 2.45. The van der Waals surface area contributed by atoms with Crippen LogP contribution < -0.4 is 9.47 Å². The molecule has 0 saturated carbocycles. The van der Waals surface area contributed by atoms with Gasteiger partial charge in [0.15, 0.2) is 21.3 Å². The maximum Gasteiger partial charge on any atom is 0.182 e. The number of fused-ring (bicyclic) bond motifs is 1. The van der Waals surface area contributed by atoms with E-state index >= 15 is 0 Å². The predicted molar refractivity (Wildman–Crippen MR) is 113 cm³/mol. The summed E-state index contributed by atoms with van der Waals surface area (Å²) < 4.78 is 37.3. The molecule has 2 aromatic heterocycles. The van der Waals surface area contributed by atoms with Gasteiger partial charge in [-0.2, -0.15) is 0 Å². The van der Waals surface area contributed by atoms with Crippen molar-refractivity contribution in [3.8, 4) is 22.1 Å². The number of ether oxygens (including phenoxy) is 2. The molecule has 0 radical (unpaired) electrons. The van der Waals surface area contributed by atoms with Crippen LogP contribution >= 0.6 is 11.3 Å². The summed E-state index contributed by atoms with van der Waals surface area (Å²) in [6.07, 6.45) is 3.49. The molecular formula is C21H18N2O4S2. The minimum absolute atomic E-state index is 0.122. The van der Waals surface area contributed by atoms with E-state index in [0.29, 0.717) is 17.1 Å². The summed E-state index contributed by atoms with van der Waals surface area (Å²) in [6, 6.07) is 13.9. The third-order valence-corrected chi connectivity index (χ3v) is 7.18. The number of methoxy groups -OCH3 is 2. The lowest BCUT2D eigenvalue weighted by atomic mass is 10.1. The number of nitrogens with zero attached hydrogens (tertiary/aromatic N) is 2. The van der Waals surface area contributed by atoms with E-state index in [1.807, 2.05) is 24.3 Å². The van der Waals surface area contributed by atoms with Crippen LogP contribution in [0.4, 0.5) is 0 Å². The molecule has 0 aliphatic rings. The normalized spacial score (nSPS) is 11.5. The second kappa shape index (κ2) is 7.81. The molecule has 0 amide bonds. The van der Waals surface area contributed by atoms with Crippen LogP contribution in [0.3, 0.4) is 0 Å². The molecule has 2 heterocycles. The van der Waals surface area contributed by atoms with E-state index in [-0.39, 0.29) is 10.6 Å². The molecule has 0 N–H and O–H groups in total. The van der Waals surface area contributed by atoms with Gasteiger partial charge in [-0.05, 0) is 29.8 Å². The Bertz CT molecular complexity index is 1250. The average Bonchev–Trinajstić information content (AvgIpc) is 3.17. The van der Waals surface area contributed by atoms with Crippen LogP contribution in [-0.2, 0) is 15.6 Å². The lowest BCUT2D eigenvalue weighted by molar-refractivity contribution is 0.354. The van der Waals surface area contributed by atoms with E-state index in [1.54, 1.807) is 24.5 Å². The van der Waals surface area contributed by atoms with Crippen LogP contribution in [0.5, 0.6) is 11.5 Å². The summed E-state index contributed by atoms with van der Waals surface area (Å²) in [5, 5.41) is 0.832. The summed E-state index contributed by atoms with van der Waals surface area (Å²) in [5.74, 6) is 0.743. The van der Waals surface area contributed by atoms with Gasteiger partial charge in [0.05, 0.1) is 35.1 Å². The fraction of sp³-hybridized carbons (Fsp3) is 0.143. The molecule has 0 aliphatic carbocycles. The highest BCUT2D eigenvalue weighted by atomic mass is 32.2. The number of hydrogen-bond acceptors (Lipinski definition) is 7. The van der Waals surface area contributed by atoms with Crippen molar-refractivity contribution in [3.63, 3.8) is 0 Å². The zero-order valence-corrected chi connectivity index (χ0v) is 17.5. The van der Waals surface area contributed by atoms with Crippen molar-refractivity contribution in [3.05, 3.63) is 66.5 Å². The maximum atomic E-state index is 12.9. The van der Waals surface area contributed by atoms with Crippen LogP contribution in [0.15, 0.2) is 65.8 Å². The lowest BCUT2D eigenvalue weighted by Crippen LogP contribution is -2.06. The Morgan fingerprint density at radius 3 is 2.59 bits per heavy atom. The van der Waals surface area contributed by atoms with Gasteiger partial charge in [-0.15, -0.1) is 11.3 Å². The van der Waals surface area contributed by atoms with Gasteiger partial charge in [-0.3, -0.25) is 4.98 Å². The first-order valence-corrected chi connectivity index (χ1v) is 11.2. The van der Waals surface area contributed by atoms with Crippen LogP contribution in [0, 0.1) is 0 Å². The quantitative estimate of drug-likeness (QED) is 0.456. The third-order valence-electron chi connectivity index (χ3n) is 4.44. The predicted octanol–water partition coefficient (Wildman–Crippen LogP) is 4.35. The minimum Gasteiger partial charge on any atom is -0.493 e. The summed E-state index contributed by atoms with van der Waals surface area (Å²) in [7, 11) is -0.570. The molecule has 4 rings (SSSR count). The first-order valence-electron chi connectivity index (χ1n) is 8.75. The highest BCUT2D eigenvalue weighted by molar-refractivity contribution is 7.90. The van der Waals surface area contributed by atoms with Gasteiger partial charge in [-0.1, -0.05) is 18.2 Å². The van der Waals surface area contributed by atoms with E-state index in [9.17, 15) is 8.42 Å². The smallest absolute Gasteiger partial charge is 0.182 e. The van der Waals surface area contributed by atoms with Crippen LogP contribution in [0.25, 0.3) is 20.8 Å². The first-order chi connectivity index (χ1) is 14.0. The summed E-state index contributed by atoms with van der Waals surface area (Å²) in [4.78, 5) is 8.92. The zero-order chi connectivity index (χ0) is 20.4. The van der Waals surface area contributed by atoms with Crippen molar-refractivity contribution >= 4 is 31.4 Å². The van der Waals surface area contributed by atoms with Gasteiger partial charge < -0.3 is 9.47 Å². The Morgan fingerprint density at radius 2 is 1.83 bits per heavy atom. The van der Waals surface area contributed by atoms with Crippen molar-refractivity contribution in [2.24, 2.45) is 0 Å². The molecule has 0 aliphatic heterocycles. The Hall–Kier alpha value is -2.97. The van der Waals surface area contributed by atoms with Crippen molar-refractivity contribution in [2.45, 2.75) is 10.6 Å². The second-order valence-electron chi connectivity index (χ2n) is 6.34. The monoisotopic (exact) mass is 426 g/mol. The fourth-order valence-electron chi connectivity index (χ4n) is 3.01. The molecule has 4 aromatic rings. The molecule has 2 aromatic carbocycles. The highest BCUT2D eigenvalue weighted by Gasteiger charge is 2.19. The molecule has 6 nitrogen and oxygen atoms in total. The molecule has 148 valence electrons. The number of rotatable bonds is 6. The van der Waals surface area contributed by atoms with Crippen molar-refractivity contribution in [1.82, 2.24) is 9.97 Å². The number of pyridine rings is 1. The fourth-order valence-corrected chi connectivity index (χ4v) is 5.29. The van der Waals surface area contributed by atoms with Crippen molar-refractivity contribution < 1.29 is 17.9 Å². The van der Waals surface area contributed by atoms with Crippen LogP contribution in [0.1, 0.15) is 5.56 Å². The van der Waals surface area contributed by atoms with Gasteiger partial charge in [0.1, 0.15) is 5.01 Å². The third kappa shape index (κ3) is 3.94. The standard InChI is InChI=1S/C21H18N2O4S2/c1-26-18-7-6-16(11-19(18)27-2)29(24,25)13-14-4-3-5-15(10-14)21-23-17-8-9-22-12-20(17)28-21/h3-12H,13H2,1-2H3. The second-order valence-corrected chi connectivity index (χ2v) is 9.36. The summed E-state index contributed by atoms with van der Waals surface area (Å²) >= 11 is 1.53. The molecule has 0 bridgehead atoms. The molecule has 0 unspecified atom stereocenters. The Kier molecular flexibility index (Phi) is 5.21. The van der Waals surface area contributed by atoms with Crippen LogP contribution in [-0.4, -0.2) is 32.6 Å². The number of aromatic nitrogens is 2. The largest absolute Gasteiger partial charge is 0.493 e. The van der Waals surface area contributed by atoms with Gasteiger partial charge in [-0.25, -0.2) is 13.4 Å². The van der Waals surface area contributed by atoms with E-state index in [1.165, 1.54) is 37.7 Å². The molecule has 0 spiro atoms. The Labute approximate surface area is 172 Å². The van der Waals surface area contributed by atoms with Crippen molar-refractivity contribution in [2.75, 3.05) is 14.2 Å². The van der Waals surface area contributed by atoms with E-state index in [0.717, 1.165) is 20.8 Å². The maximum absolute atomic E-state index is 12.9. The van der Waals surface area contributed by atoms with Gasteiger partial charge in [0, 0.05) is 24.0 Å². The highest BCUT2D eigenvalue weighted by Crippen LogP contribution is 2.32. The number of benzene rings is 2. The van der Waals surface area contributed by atoms with Crippen LogP contribution in [0.2, 0.25) is 0 Å². The van der Waals surface area contributed by atoms with Gasteiger partial charge in [0.2, 0.25) is 0 Å². The van der Waals surface area contributed by atoms with Gasteiger partial charge in [0.25, 0.3) is 0 Å². The minimum atomic E-state index is -3.56. The Balaban J connectivity index is 1.65. The topological polar surface area (TPSA) is 78.4 Å². The van der Waals surface area contributed by atoms with Crippen molar-refractivity contribution in [1.29, 1.82) is 0 Å². The SMILES string of the molecule is COc1ccc(S(=O)(=O)Cc2cccc(-c3nc4ccncc4s3)c2)cc1OC. The summed E-state index contributed by atoms with van der Waals surface area (Å²) in [6.45, 7) is 0. The number of thiazole rings is 1. The molecule has 29 heavy (non-hydrogen) atoms. The van der Waals surface area contributed by atoms with E-state index < -0.39 is 9.84 Å². The lowest BCUT2D eigenvalue weighted by Gasteiger charge is -2.10. The van der Waals surface area contributed by atoms with Gasteiger partial charge >= 0.3 is 0 Å². The Morgan fingerprint density at radius 1 is 1.00 bits per heavy atom. The molecule has 0 atom stereocenters.